The number of pyridine rings is 1. The number of carbonyl (C=O) groups excluding carboxylic acids is 1. The molecule has 2 aromatic rings. The lowest BCUT2D eigenvalue weighted by molar-refractivity contribution is -0.111. The largest absolute Gasteiger partial charge is 0.478 e. The Bertz CT molecular complexity index is 659. The SMILES string of the molecule is Cn1nccc1C=CC(=O)Nc1ccc(C(=O)O)cn1. The van der Waals surface area contributed by atoms with Gasteiger partial charge in [0.2, 0.25) is 5.91 Å². The smallest absolute Gasteiger partial charge is 0.337 e. The molecule has 0 saturated heterocycles. The van der Waals surface area contributed by atoms with Crippen molar-refractivity contribution in [2.24, 2.45) is 7.05 Å². The van der Waals surface area contributed by atoms with Gasteiger partial charge < -0.3 is 10.4 Å². The van der Waals surface area contributed by atoms with Gasteiger partial charge in [-0.3, -0.25) is 9.48 Å². The number of carbonyl (C=O) groups is 2. The number of amides is 1. The van der Waals surface area contributed by atoms with Crippen LogP contribution in [0.2, 0.25) is 0 Å². The molecule has 0 radical (unpaired) electrons. The summed E-state index contributed by atoms with van der Waals surface area (Å²) >= 11 is 0. The molecule has 102 valence electrons. The van der Waals surface area contributed by atoms with E-state index in [1.54, 1.807) is 30.1 Å². The minimum atomic E-state index is -1.06. The van der Waals surface area contributed by atoms with E-state index >= 15 is 0 Å². The highest BCUT2D eigenvalue weighted by molar-refractivity contribution is 6.01. The molecule has 2 rings (SSSR count). The molecule has 0 aromatic carbocycles. The number of nitrogens with one attached hydrogen (secondary N) is 1. The first-order valence-corrected chi connectivity index (χ1v) is 5.72. The molecule has 7 heteroatoms. The second kappa shape index (κ2) is 5.79. The van der Waals surface area contributed by atoms with Crippen LogP contribution in [-0.2, 0) is 11.8 Å². The quantitative estimate of drug-likeness (QED) is 0.814. The number of aromatic nitrogens is 3. The third-order valence-corrected chi connectivity index (χ3v) is 2.53. The van der Waals surface area contributed by atoms with Crippen LogP contribution in [-0.4, -0.2) is 31.7 Å². The molecule has 0 fully saturated rings. The van der Waals surface area contributed by atoms with E-state index in [4.69, 9.17) is 5.11 Å². The number of aryl methyl sites for hydroxylation is 1. The summed E-state index contributed by atoms with van der Waals surface area (Å²) in [5, 5.41) is 15.2. The Hall–Kier alpha value is -2.96. The van der Waals surface area contributed by atoms with Crippen LogP contribution in [0.15, 0.2) is 36.7 Å². The Balaban J connectivity index is 1.99. The van der Waals surface area contributed by atoms with Gasteiger partial charge in [-0.15, -0.1) is 0 Å². The van der Waals surface area contributed by atoms with Crippen LogP contribution in [0.25, 0.3) is 6.08 Å². The van der Waals surface area contributed by atoms with Crippen molar-refractivity contribution in [1.82, 2.24) is 14.8 Å². The van der Waals surface area contributed by atoms with Gasteiger partial charge in [0.15, 0.2) is 0 Å². The van der Waals surface area contributed by atoms with E-state index in [1.165, 1.54) is 24.4 Å². The topological polar surface area (TPSA) is 97.1 Å². The summed E-state index contributed by atoms with van der Waals surface area (Å²) in [7, 11) is 1.77. The third-order valence-electron chi connectivity index (χ3n) is 2.53. The number of carboxylic acids is 1. The maximum atomic E-state index is 11.7. The van der Waals surface area contributed by atoms with Crippen LogP contribution in [0.3, 0.4) is 0 Å². The molecule has 0 aliphatic carbocycles. The van der Waals surface area contributed by atoms with Gasteiger partial charge in [-0.05, 0) is 24.3 Å². The van der Waals surface area contributed by atoms with Gasteiger partial charge in [-0.2, -0.15) is 5.10 Å². The van der Waals surface area contributed by atoms with Crippen LogP contribution in [0, 0.1) is 0 Å². The zero-order valence-electron chi connectivity index (χ0n) is 10.6. The molecule has 0 atom stereocenters. The van der Waals surface area contributed by atoms with E-state index < -0.39 is 5.97 Å². The summed E-state index contributed by atoms with van der Waals surface area (Å²) in [5.74, 6) is -1.14. The van der Waals surface area contributed by atoms with E-state index in [2.05, 4.69) is 15.4 Å². The summed E-state index contributed by atoms with van der Waals surface area (Å²) in [6, 6.07) is 4.57. The standard InChI is InChI=1S/C13H12N4O3/c1-17-10(6-7-15-17)3-5-12(18)16-11-4-2-9(8-14-11)13(19)20/h2-8H,1H3,(H,19,20)(H,14,16,18). The van der Waals surface area contributed by atoms with E-state index in [9.17, 15) is 9.59 Å². The van der Waals surface area contributed by atoms with Gasteiger partial charge in [0.05, 0.1) is 11.3 Å². The molecule has 0 bridgehead atoms. The average molecular weight is 272 g/mol. The number of anilines is 1. The fraction of sp³-hybridized carbons (Fsp3) is 0.0769. The summed E-state index contributed by atoms with van der Waals surface area (Å²) in [4.78, 5) is 26.1. The van der Waals surface area contributed by atoms with Gasteiger partial charge in [-0.1, -0.05) is 0 Å². The van der Waals surface area contributed by atoms with Crippen molar-refractivity contribution in [3.05, 3.63) is 47.9 Å². The molecule has 0 unspecified atom stereocenters. The van der Waals surface area contributed by atoms with Crippen molar-refractivity contribution in [1.29, 1.82) is 0 Å². The number of aromatic carboxylic acids is 1. The molecule has 7 nitrogen and oxygen atoms in total. The lowest BCUT2D eigenvalue weighted by atomic mass is 10.3. The van der Waals surface area contributed by atoms with Crippen molar-refractivity contribution >= 4 is 23.8 Å². The Morgan fingerprint density at radius 3 is 2.70 bits per heavy atom. The fourth-order valence-corrected chi connectivity index (χ4v) is 1.47. The summed E-state index contributed by atoms with van der Waals surface area (Å²) < 4.78 is 1.63. The molecule has 0 aliphatic rings. The van der Waals surface area contributed by atoms with E-state index in [0.29, 0.717) is 0 Å². The van der Waals surface area contributed by atoms with Gasteiger partial charge in [0.25, 0.3) is 0 Å². The molecule has 2 N–H and O–H groups in total. The van der Waals surface area contributed by atoms with Crippen LogP contribution in [0.1, 0.15) is 16.1 Å². The number of rotatable bonds is 4. The summed E-state index contributed by atoms with van der Waals surface area (Å²) in [5.41, 5.74) is 0.850. The normalized spacial score (nSPS) is 10.7. The van der Waals surface area contributed by atoms with E-state index in [-0.39, 0.29) is 17.3 Å². The molecular weight excluding hydrogens is 260 g/mol. The van der Waals surface area contributed by atoms with Gasteiger partial charge >= 0.3 is 5.97 Å². The maximum Gasteiger partial charge on any atom is 0.337 e. The lowest BCUT2D eigenvalue weighted by Crippen LogP contribution is -2.10. The molecule has 0 spiro atoms. The molecule has 2 aromatic heterocycles. The monoisotopic (exact) mass is 272 g/mol. The Kier molecular flexibility index (Phi) is 3.90. The predicted molar refractivity (Wildman–Crippen MR) is 72.1 cm³/mol. The Morgan fingerprint density at radius 2 is 2.15 bits per heavy atom. The summed E-state index contributed by atoms with van der Waals surface area (Å²) in [6.07, 6.45) is 5.78. The Morgan fingerprint density at radius 1 is 1.35 bits per heavy atom. The van der Waals surface area contributed by atoms with Crippen molar-refractivity contribution in [2.45, 2.75) is 0 Å². The fourth-order valence-electron chi connectivity index (χ4n) is 1.47. The second-order valence-corrected chi connectivity index (χ2v) is 3.94. The molecule has 0 aliphatic heterocycles. The van der Waals surface area contributed by atoms with E-state index in [0.717, 1.165) is 5.69 Å². The molecule has 1 amide bonds. The molecule has 2 heterocycles. The number of carboxylic acid groups (broad SMARTS) is 1. The first-order chi connectivity index (χ1) is 9.56. The van der Waals surface area contributed by atoms with Crippen LogP contribution in [0.4, 0.5) is 5.82 Å². The highest BCUT2D eigenvalue weighted by Gasteiger charge is 2.04. The zero-order valence-corrected chi connectivity index (χ0v) is 10.6. The minimum Gasteiger partial charge on any atom is -0.478 e. The molecule has 20 heavy (non-hydrogen) atoms. The van der Waals surface area contributed by atoms with Gasteiger partial charge in [0, 0.05) is 25.5 Å². The lowest BCUT2D eigenvalue weighted by Gasteiger charge is -2.01. The van der Waals surface area contributed by atoms with Crippen LogP contribution in [0.5, 0.6) is 0 Å². The predicted octanol–water partition coefficient (Wildman–Crippen LogP) is 1.17. The third kappa shape index (κ3) is 3.29. The first kappa shape index (κ1) is 13.5. The Labute approximate surface area is 114 Å². The van der Waals surface area contributed by atoms with Gasteiger partial charge in [-0.25, -0.2) is 9.78 Å². The van der Waals surface area contributed by atoms with Crippen molar-refractivity contribution in [3.63, 3.8) is 0 Å². The zero-order chi connectivity index (χ0) is 14.5. The highest BCUT2D eigenvalue weighted by atomic mass is 16.4. The molecular formula is C13H12N4O3. The van der Waals surface area contributed by atoms with Crippen molar-refractivity contribution in [2.75, 3.05) is 5.32 Å². The number of hydrogen-bond donors (Lipinski definition) is 2. The molecule has 0 saturated carbocycles. The number of nitrogens with zero attached hydrogens (tertiary/aromatic N) is 3. The highest BCUT2D eigenvalue weighted by Crippen LogP contribution is 2.06. The average Bonchev–Trinajstić information content (AvgIpc) is 2.82. The van der Waals surface area contributed by atoms with E-state index in [1.807, 2.05) is 0 Å². The second-order valence-electron chi connectivity index (χ2n) is 3.94. The van der Waals surface area contributed by atoms with Crippen molar-refractivity contribution in [3.8, 4) is 0 Å². The van der Waals surface area contributed by atoms with Crippen LogP contribution < -0.4 is 5.32 Å². The summed E-state index contributed by atoms with van der Waals surface area (Å²) in [6.45, 7) is 0. The van der Waals surface area contributed by atoms with Gasteiger partial charge in [0.1, 0.15) is 5.82 Å². The number of hydrogen-bond acceptors (Lipinski definition) is 4. The minimum absolute atomic E-state index is 0.0634. The van der Waals surface area contributed by atoms with Crippen LogP contribution >= 0.6 is 0 Å². The first-order valence-electron chi connectivity index (χ1n) is 5.72. The van der Waals surface area contributed by atoms with Crippen molar-refractivity contribution < 1.29 is 14.7 Å². The maximum absolute atomic E-state index is 11.7.